The maximum Gasteiger partial charge on any atom is 0.123 e. The molecule has 0 heterocycles. The summed E-state index contributed by atoms with van der Waals surface area (Å²) in [7, 11) is 0. The summed E-state index contributed by atoms with van der Waals surface area (Å²) in [6, 6.07) is 12.5. The van der Waals surface area contributed by atoms with Crippen LogP contribution in [0.3, 0.4) is 0 Å². The third-order valence-electron chi connectivity index (χ3n) is 6.02. The summed E-state index contributed by atoms with van der Waals surface area (Å²) in [4.78, 5) is 0. The Morgan fingerprint density at radius 2 is 1.34 bits per heavy atom. The molecule has 0 aromatic heterocycles. The lowest BCUT2D eigenvalue weighted by Gasteiger charge is -2.23. The summed E-state index contributed by atoms with van der Waals surface area (Å²) in [6.07, 6.45) is 13.9. The largest absolute Gasteiger partial charge is 0.507 e. The third kappa shape index (κ3) is 6.91. The highest BCUT2D eigenvalue weighted by Gasteiger charge is 2.20. The van der Waals surface area contributed by atoms with Crippen LogP contribution in [0.25, 0.3) is 11.1 Å². The van der Waals surface area contributed by atoms with Gasteiger partial charge in [-0.2, -0.15) is 0 Å². The van der Waals surface area contributed by atoms with E-state index in [1.165, 1.54) is 74.5 Å². The van der Waals surface area contributed by atoms with Gasteiger partial charge in [-0.25, -0.2) is 0 Å². The molecule has 2 aromatic carbocycles. The highest BCUT2D eigenvalue weighted by molar-refractivity contribution is 5.76. The second-order valence-electron chi connectivity index (χ2n) is 8.82. The van der Waals surface area contributed by atoms with Crippen LogP contribution in [0.4, 0.5) is 0 Å². The summed E-state index contributed by atoms with van der Waals surface area (Å²) < 4.78 is 0. The first-order valence-corrected chi connectivity index (χ1v) is 12.0. The number of rotatable bonds is 13. The van der Waals surface area contributed by atoms with Crippen LogP contribution in [-0.2, 0) is 12.8 Å². The van der Waals surface area contributed by atoms with Gasteiger partial charge >= 0.3 is 0 Å². The monoisotopic (exact) mass is 394 g/mol. The number of aromatic hydroxyl groups is 1. The minimum absolute atomic E-state index is 0.400. The SMILES string of the molecule is CCCCCCCCc1c(CCCCC)cc(O)c(-c2ccccc2)c1C(C)C. The van der Waals surface area contributed by atoms with E-state index >= 15 is 0 Å². The van der Waals surface area contributed by atoms with Crippen LogP contribution < -0.4 is 0 Å². The highest BCUT2D eigenvalue weighted by Crippen LogP contribution is 2.41. The van der Waals surface area contributed by atoms with Crippen LogP contribution in [0.2, 0.25) is 0 Å². The predicted molar refractivity (Wildman–Crippen MR) is 128 cm³/mol. The van der Waals surface area contributed by atoms with Crippen molar-refractivity contribution in [2.45, 2.75) is 104 Å². The summed E-state index contributed by atoms with van der Waals surface area (Å²) in [5, 5.41) is 11.0. The molecule has 0 saturated carbocycles. The van der Waals surface area contributed by atoms with Gasteiger partial charge in [0.05, 0.1) is 0 Å². The van der Waals surface area contributed by atoms with E-state index in [0.717, 1.165) is 24.0 Å². The smallest absolute Gasteiger partial charge is 0.123 e. The topological polar surface area (TPSA) is 20.2 Å². The molecule has 1 nitrogen and oxygen atoms in total. The zero-order valence-electron chi connectivity index (χ0n) is 19.3. The molecule has 0 spiro atoms. The van der Waals surface area contributed by atoms with Gasteiger partial charge in [0.15, 0.2) is 0 Å². The van der Waals surface area contributed by atoms with Crippen molar-refractivity contribution in [2.75, 3.05) is 0 Å². The molecule has 29 heavy (non-hydrogen) atoms. The Labute approximate surface area is 179 Å². The van der Waals surface area contributed by atoms with E-state index in [-0.39, 0.29) is 0 Å². The molecule has 0 fully saturated rings. The van der Waals surface area contributed by atoms with Crippen molar-refractivity contribution in [2.24, 2.45) is 0 Å². The van der Waals surface area contributed by atoms with Crippen molar-refractivity contribution in [3.63, 3.8) is 0 Å². The van der Waals surface area contributed by atoms with Crippen LogP contribution in [0.15, 0.2) is 36.4 Å². The van der Waals surface area contributed by atoms with Gasteiger partial charge in [0.2, 0.25) is 0 Å². The van der Waals surface area contributed by atoms with Gasteiger partial charge in [0.1, 0.15) is 5.75 Å². The first kappa shape index (κ1) is 23.5. The fourth-order valence-electron chi connectivity index (χ4n) is 4.50. The number of unbranched alkanes of at least 4 members (excludes halogenated alkanes) is 7. The third-order valence-corrected chi connectivity index (χ3v) is 6.02. The standard InChI is InChI=1S/C28H42O/c1-5-7-9-10-11-16-20-25-24(19-13-8-6-2)21-26(29)28(27(25)22(3)4)23-17-14-12-15-18-23/h12,14-15,17-18,21-22,29H,5-11,13,16,19-20H2,1-4H3. The molecule has 0 aliphatic heterocycles. The molecule has 2 aromatic rings. The zero-order valence-corrected chi connectivity index (χ0v) is 19.3. The summed E-state index contributed by atoms with van der Waals surface area (Å²) in [5.74, 6) is 0.857. The van der Waals surface area contributed by atoms with Gasteiger partial charge in [-0.05, 0) is 59.9 Å². The molecule has 1 N–H and O–H groups in total. The van der Waals surface area contributed by atoms with Gasteiger partial charge in [0.25, 0.3) is 0 Å². The Balaban J connectivity index is 2.38. The van der Waals surface area contributed by atoms with Gasteiger partial charge in [-0.3, -0.25) is 0 Å². The number of phenols is 1. The van der Waals surface area contributed by atoms with Crippen LogP contribution in [0.5, 0.6) is 5.75 Å². The number of phenolic OH excluding ortho intramolecular Hbond substituents is 1. The molecule has 2 rings (SSSR count). The summed E-state index contributed by atoms with van der Waals surface area (Å²) in [6.45, 7) is 9.09. The van der Waals surface area contributed by atoms with Crippen LogP contribution in [0, 0.1) is 0 Å². The quantitative estimate of drug-likeness (QED) is 0.336. The number of hydrogen-bond acceptors (Lipinski definition) is 1. The fraction of sp³-hybridized carbons (Fsp3) is 0.571. The Kier molecular flexibility index (Phi) is 10.3. The molecule has 160 valence electrons. The first-order chi connectivity index (χ1) is 14.1. The van der Waals surface area contributed by atoms with E-state index in [0.29, 0.717) is 11.7 Å². The van der Waals surface area contributed by atoms with Gasteiger partial charge in [0, 0.05) is 5.56 Å². The van der Waals surface area contributed by atoms with Crippen LogP contribution >= 0.6 is 0 Å². The number of hydrogen-bond donors (Lipinski definition) is 1. The Morgan fingerprint density at radius 1 is 0.759 bits per heavy atom. The van der Waals surface area contributed by atoms with Crippen molar-refractivity contribution in [3.05, 3.63) is 53.1 Å². The van der Waals surface area contributed by atoms with Gasteiger partial charge in [-0.15, -0.1) is 0 Å². The molecular weight excluding hydrogens is 352 g/mol. The van der Waals surface area contributed by atoms with Crippen molar-refractivity contribution in [1.29, 1.82) is 0 Å². The molecule has 0 radical (unpaired) electrons. The molecule has 0 aliphatic carbocycles. The Morgan fingerprint density at radius 3 is 2.00 bits per heavy atom. The van der Waals surface area contributed by atoms with Crippen LogP contribution in [0.1, 0.15) is 108 Å². The zero-order chi connectivity index (χ0) is 21.1. The molecular formula is C28H42O. The van der Waals surface area contributed by atoms with E-state index < -0.39 is 0 Å². The predicted octanol–water partition coefficient (Wildman–Crippen LogP) is 8.82. The molecule has 0 saturated heterocycles. The average Bonchev–Trinajstić information content (AvgIpc) is 2.72. The Hall–Kier alpha value is -1.76. The second-order valence-corrected chi connectivity index (χ2v) is 8.82. The minimum atomic E-state index is 0.400. The maximum atomic E-state index is 11.0. The van der Waals surface area contributed by atoms with Crippen LogP contribution in [-0.4, -0.2) is 5.11 Å². The maximum absolute atomic E-state index is 11.0. The lowest BCUT2D eigenvalue weighted by atomic mass is 9.82. The summed E-state index contributed by atoms with van der Waals surface area (Å²) >= 11 is 0. The molecule has 0 aliphatic rings. The number of aryl methyl sites for hydroxylation is 1. The molecule has 0 unspecified atom stereocenters. The van der Waals surface area contributed by atoms with Crippen molar-refractivity contribution in [3.8, 4) is 16.9 Å². The van der Waals surface area contributed by atoms with E-state index in [4.69, 9.17) is 0 Å². The van der Waals surface area contributed by atoms with E-state index in [1.807, 2.05) is 6.07 Å². The van der Waals surface area contributed by atoms with E-state index in [9.17, 15) is 5.11 Å². The lowest BCUT2D eigenvalue weighted by Crippen LogP contribution is -2.06. The fourth-order valence-corrected chi connectivity index (χ4v) is 4.50. The van der Waals surface area contributed by atoms with E-state index in [2.05, 4.69) is 58.0 Å². The molecule has 0 bridgehead atoms. The molecule has 0 atom stereocenters. The van der Waals surface area contributed by atoms with Gasteiger partial charge < -0.3 is 5.11 Å². The molecule has 0 amide bonds. The number of benzene rings is 2. The first-order valence-electron chi connectivity index (χ1n) is 12.0. The Bertz CT molecular complexity index is 715. The lowest BCUT2D eigenvalue weighted by molar-refractivity contribution is 0.474. The van der Waals surface area contributed by atoms with Crippen molar-refractivity contribution >= 4 is 0 Å². The van der Waals surface area contributed by atoms with Crippen molar-refractivity contribution < 1.29 is 5.11 Å². The second kappa shape index (κ2) is 12.7. The molecule has 1 heteroatoms. The average molecular weight is 395 g/mol. The van der Waals surface area contributed by atoms with Crippen molar-refractivity contribution in [1.82, 2.24) is 0 Å². The van der Waals surface area contributed by atoms with Gasteiger partial charge in [-0.1, -0.05) is 103 Å². The minimum Gasteiger partial charge on any atom is -0.507 e. The normalized spacial score (nSPS) is 11.3. The highest BCUT2D eigenvalue weighted by atomic mass is 16.3. The van der Waals surface area contributed by atoms with E-state index in [1.54, 1.807) is 0 Å². The summed E-state index contributed by atoms with van der Waals surface area (Å²) in [5.41, 5.74) is 6.46.